The van der Waals surface area contributed by atoms with Gasteiger partial charge >= 0.3 is 0 Å². The number of anilines is 1. The summed E-state index contributed by atoms with van der Waals surface area (Å²) in [5.74, 6) is 4.85. The Morgan fingerprint density at radius 3 is 2.47 bits per heavy atom. The second kappa shape index (κ2) is 4.81. The predicted octanol–water partition coefficient (Wildman–Crippen LogP) is 0.684. The number of hydrogen-bond acceptors (Lipinski definition) is 3. The normalized spacial score (nSPS) is 14.8. The van der Waals surface area contributed by atoms with Crippen molar-refractivity contribution >= 4 is 17.5 Å². The van der Waals surface area contributed by atoms with Crippen molar-refractivity contribution in [3.8, 4) is 11.8 Å². The maximum absolute atomic E-state index is 11.6. The fourth-order valence-corrected chi connectivity index (χ4v) is 1.75. The largest absolute Gasteiger partial charge is 0.384 e. The number of hydrogen-bond donors (Lipinski definition) is 1. The van der Waals surface area contributed by atoms with Crippen LogP contribution < -0.4 is 4.90 Å². The summed E-state index contributed by atoms with van der Waals surface area (Å²) in [5.41, 5.74) is 1.08. The summed E-state index contributed by atoms with van der Waals surface area (Å²) in [6, 6.07) is 6.92. The quantitative estimate of drug-likeness (QED) is 0.569. The van der Waals surface area contributed by atoms with Gasteiger partial charge in [0.2, 0.25) is 11.8 Å². The van der Waals surface area contributed by atoms with E-state index < -0.39 is 0 Å². The molecule has 1 fully saturated rings. The van der Waals surface area contributed by atoms with Crippen LogP contribution in [0.5, 0.6) is 0 Å². The van der Waals surface area contributed by atoms with Crippen molar-refractivity contribution in [2.24, 2.45) is 0 Å². The van der Waals surface area contributed by atoms with Crippen molar-refractivity contribution in [1.82, 2.24) is 0 Å². The van der Waals surface area contributed by atoms with Crippen LogP contribution in [0.25, 0.3) is 0 Å². The molecule has 2 rings (SSSR count). The molecule has 0 spiro atoms. The Labute approximate surface area is 98.9 Å². The Bertz CT molecular complexity index is 509. The van der Waals surface area contributed by atoms with E-state index in [4.69, 9.17) is 5.11 Å². The van der Waals surface area contributed by atoms with Gasteiger partial charge in [-0.25, -0.2) is 4.90 Å². The number of imide groups is 1. The summed E-state index contributed by atoms with van der Waals surface area (Å²) in [7, 11) is 0. The third-order valence-corrected chi connectivity index (χ3v) is 2.50. The van der Waals surface area contributed by atoms with Crippen LogP contribution in [0.3, 0.4) is 0 Å². The molecule has 0 bridgehead atoms. The first-order valence-electron chi connectivity index (χ1n) is 5.28. The third kappa shape index (κ3) is 2.19. The number of amides is 2. The van der Waals surface area contributed by atoms with E-state index in [1.807, 2.05) is 0 Å². The van der Waals surface area contributed by atoms with Gasteiger partial charge in [-0.3, -0.25) is 9.59 Å². The van der Waals surface area contributed by atoms with Crippen molar-refractivity contribution < 1.29 is 14.7 Å². The average Bonchev–Trinajstić information content (AvgIpc) is 2.67. The topological polar surface area (TPSA) is 57.6 Å². The van der Waals surface area contributed by atoms with E-state index in [1.165, 1.54) is 4.90 Å². The molecule has 1 N–H and O–H groups in total. The Hall–Kier alpha value is -2.12. The van der Waals surface area contributed by atoms with E-state index in [-0.39, 0.29) is 31.3 Å². The smallest absolute Gasteiger partial charge is 0.234 e. The molecule has 1 aliphatic rings. The van der Waals surface area contributed by atoms with Crippen molar-refractivity contribution in [1.29, 1.82) is 0 Å². The summed E-state index contributed by atoms with van der Waals surface area (Å²) < 4.78 is 0. The SMILES string of the molecule is O=C1CCC(=O)N1c1ccccc1C#CCO. The number of para-hydroxylation sites is 1. The van der Waals surface area contributed by atoms with Crippen LogP contribution in [0.4, 0.5) is 5.69 Å². The zero-order valence-corrected chi connectivity index (χ0v) is 9.14. The van der Waals surface area contributed by atoms with Crippen LogP contribution in [0, 0.1) is 11.8 Å². The molecule has 2 amide bonds. The highest BCUT2D eigenvalue weighted by Crippen LogP contribution is 2.25. The lowest BCUT2D eigenvalue weighted by Gasteiger charge is -2.15. The lowest BCUT2D eigenvalue weighted by atomic mass is 10.1. The van der Waals surface area contributed by atoms with Gasteiger partial charge in [-0.1, -0.05) is 24.0 Å². The molecule has 4 heteroatoms. The zero-order chi connectivity index (χ0) is 12.3. The second-order valence-electron chi connectivity index (χ2n) is 3.60. The molecule has 0 aromatic heterocycles. The number of rotatable bonds is 1. The number of carbonyl (C=O) groups is 2. The van der Waals surface area contributed by atoms with Crippen molar-refractivity contribution in [3.05, 3.63) is 29.8 Å². The monoisotopic (exact) mass is 229 g/mol. The van der Waals surface area contributed by atoms with Crippen LogP contribution in [0.1, 0.15) is 18.4 Å². The highest BCUT2D eigenvalue weighted by molar-refractivity contribution is 6.20. The lowest BCUT2D eigenvalue weighted by molar-refractivity contribution is -0.121. The van der Waals surface area contributed by atoms with Crippen LogP contribution in [0.2, 0.25) is 0 Å². The molecule has 4 nitrogen and oxygen atoms in total. The Balaban J connectivity index is 2.44. The van der Waals surface area contributed by atoms with Gasteiger partial charge in [0.15, 0.2) is 0 Å². The molecule has 0 unspecified atom stereocenters. The van der Waals surface area contributed by atoms with Crippen molar-refractivity contribution in [2.45, 2.75) is 12.8 Å². The van der Waals surface area contributed by atoms with Crippen LogP contribution >= 0.6 is 0 Å². The molecule has 1 heterocycles. The summed E-state index contributed by atoms with van der Waals surface area (Å²) in [5, 5.41) is 8.67. The fraction of sp³-hybridized carbons (Fsp3) is 0.231. The van der Waals surface area contributed by atoms with Crippen molar-refractivity contribution in [2.75, 3.05) is 11.5 Å². The van der Waals surface area contributed by atoms with Crippen molar-refractivity contribution in [3.63, 3.8) is 0 Å². The molecule has 86 valence electrons. The Kier molecular flexibility index (Phi) is 3.22. The summed E-state index contributed by atoms with van der Waals surface area (Å²) >= 11 is 0. The van der Waals surface area contributed by atoms with Gasteiger partial charge in [-0.05, 0) is 12.1 Å². The van der Waals surface area contributed by atoms with Crippen LogP contribution in [0.15, 0.2) is 24.3 Å². The molecule has 1 aliphatic heterocycles. The minimum atomic E-state index is -0.254. The van der Waals surface area contributed by atoms with E-state index in [0.717, 1.165) is 0 Å². The predicted molar refractivity (Wildman–Crippen MR) is 62.1 cm³/mol. The average molecular weight is 229 g/mol. The maximum Gasteiger partial charge on any atom is 0.234 e. The van der Waals surface area contributed by atoms with Gasteiger partial charge < -0.3 is 5.11 Å². The molecule has 0 aliphatic carbocycles. The first-order valence-corrected chi connectivity index (χ1v) is 5.28. The summed E-state index contributed by atoms with van der Waals surface area (Å²) in [6.07, 6.45) is 0.501. The molecular formula is C13H11NO3. The first kappa shape index (κ1) is 11.4. The number of carbonyl (C=O) groups excluding carboxylic acids is 2. The number of aliphatic hydroxyl groups excluding tert-OH is 1. The second-order valence-corrected chi connectivity index (χ2v) is 3.60. The molecular weight excluding hydrogens is 218 g/mol. The minimum absolute atomic E-state index is 0.201. The van der Waals surface area contributed by atoms with Gasteiger partial charge in [-0.15, -0.1) is 0 Å². The lowest BCUT2D eigenvalue weighted by Crippen LogP contribution is -2.29. The van der Waals surface area contributed by atoms with E-state index in [0.29, 0.717) is 11.3 Å². The Morgan fingerprint density at radius 2 is 1.82 bits per heavy atom. The van der Waals surface area contributed by atoms with Crippen LogP contribution in [-0.2, 0) is 9.59 Å². The number of nitrogens with zero attached hydrogens (tertiary/aromatic N) is 1. The highest BCUT2D eigenvalue weighted by atomic mass is 16.2. The molecule has 1 aromatic carbocycles. The third-order valence-electron chi connectivity index (χ3n) is 2.50. The molecule has 0 atom stereocenters. The van der Waals surface area contributed by atoms with Gasteiger partial charge in [0, 0.05) is 18.4 Å². The number of benzene rings is 1. The number of aliphatic hydroxyl groups is 1. The molecule has 17 heavy (non-hydrogen) atoms. The zero-order valence-electron chi connectivity index (χ0n) is 9.14. The highest BCUT2D eigenvalue weighted by Gasteiger charge is 2.31. The summed E-state index contributed by atoms with van der Waals surface area (Å²) in [4.78, 5) is 24.4. The maximum atomic E-state index is 11.6. The standard InChI is InChI=1S/C13H11NO3/c15-9-3-5-10-4-1-2-6-11(10)14-12(16)7-8-13(14)17/h1-2,4,6,15H,7-9H2. The van der Waals surface area contributed by atoms with E-state index in [2.05, 4.69) is 11.8 Å². The van der Waals surface area contributed by atoms with E-state index in [9.17, 15) is 9.59 Å². The summed E-state index contributed by atoms with van der Waals surface area (Å²) in [6.45, 7) is -0.254. The van der Waals surface area contributed by atoms with Gasteiger partial charge in [0.05, 0.1) is 5.69 Å². The Morgan fingerprint density at radius 1 is 1.18 bits per heavy atom. The van der Waals surface area contributed by atoms with E-state index >= 15 is 0 Å². The van der Waals surface area contributed by atoms with Gasteiger partial charge in [0.25, 0.3) is 0 Å². The molecule has 1 aromatic rings. The molecule has 0 saturated carbocycles. The van der Waals surface area contributed by atoms with E-state index in [1.54, 1.807) is 24.3 Å². The van der Waals surface area contributed by atoms with Gasteiger partial charge in [-0.2, -0.15) is 0 Å². The minimum Gasteiger partial charge on any atom is -0.384 e. The fourth-order valence-electron chi connectivity index (χ4n) is 1.75. The van der Waals surface area contributed by atoms with Gasteiger partial charge in [0.1, 0.15) is 6.61 Å². The van der Waals surface area contributed by atoms with Crippen LogP contribution in [-0.4, -0.2) is 23.5 Å². The molecule has 1 saturated heterocycles. The molecule has 0 radical (unpaired) electrons. The first-order chi connectivity index (χ1) is 8.24.